The van der Waals surface area contributed by atoms with Gasteiger partial charge in [0.2, 0.25) is 0 Å². The summed E-state index contributed by atoms with van der Waals surface area (Å²) in [6.45, 7) is 7.21. The summed E-state index contributed by atoms with van der Waals surface area (Å²) in [4.78, 5) is 11.3. The lowest BCUT2D eigenvalue weighted by molar-refractivity contribution is -0.147. The highest BCUT2D eigenvalue weighted by molar-refractivity contribution is 5.72. The Balaban J connectivity index is 2.08. The first-order chi connectivity index (χ1) is 7.19. The molecule has 0 spiro atoms. The van der Waals surface area contributed by atoms with Crippen LogP contribution < -0.4 is 5.32 Å². The van der Waals surface area contributed by atoms with Gasteiger partial charge in [-0.25, -0.2) is 0 Å². The van der Waals surface area contributed by atoms with Crippen LogP contribution in [0.2, 0.25) is 0 Å². The quantitative estimate of drug-likeness (QED) is 0.657. The summed E-state index contributed by atoms with van der Waals surface area (Å²) in [5, 5.41) is 3.43. The van der Waals surface area contributed by atoms with Crippen LogP contribution in [-0.2, 0) is 9.53 Å². The third kappa shape index (κ3) is 4.20. The Hall–Kier alpha value is -0.570. The van der Waals surface area contributed by atoms with Gasteiger partial charge in [0.05, 0.1) is 12.5 Å². The van der Waals surface area contributed by atoms with Crippen LogP contribution in [0.1, 0.15) is 40.0 Å². The smallest absolute Gasteiger partial charge is 0.309 e. The van der Waals surface area contributed by atoms with Crippen LogP contribution in [0.25, 0.3) is 0 Å². The minimum atomic E-state index is -0.0855. The average Bonchev–Trinajstić information content (AvgIpc) is 2.94. The Bertz CT molecular complexity index is 206. The zero-order valence-corrected chi connectivity index (χ0v) is 10.1. The highest BCUT2D eigenvalue weighted by atomic mass is 16.5. The molecule has 0 bridgehead atoms. The van der Waals surface area contributed by atoms with Crippen molar-refractivity contribution >= 4 is 5.97 Å². The topological polar surface area (TPSA) is 38.3 Å². The van der Waals surface area contributed by atoms with E-state index in [4.69, 9.17) is 4.74 Å². The van der Waals surface area contributed by atoms with E-state index >= 15 is 0 Å². The lowest BCUT2D eigenvalue weighted by Gasteiger charge is -2.11. The third-order valence-corrected chi connectivity index (χ3v) is 2.96. The first-order valence-corrected chi connectivity index (χ1v) is 6.09. The highest BCUT2D eigenvalue weighted by Gasteiger charge is 2.35. The fourth-order valence-electron chi connectivity index (χ4n) is 1.88. The molecule has 0 aromatic heterocycles. The van der Waals surface area contributed by atoms with Gasteiger partial charge in [0, 0.05) is 12.6 Å². The Labute approximate surface area is 92.6 Å². The molecule has 0 aromatic carbocycles. The molecule has 1 aliphatic rings. The second kappa shape index (κ2) is 6.11. The summed E-state index contributed by atoms with van der Waals surface area (Å²) in [5.74, 6) is 0.745. The van der Waals surface area contributed by atoms with E-state index < -0.39 is 0 Å². The first-order valence-electron chi connectivity index (χ1n) is 6.09. The molecule has 3 nitrogen and oxygen atoms in total. The van der Waals surface area contributed by atoms with Gasteiger partial charge in [-0.15, -0.1) is 0 Å². The molecule has 0 radical (unpaired) electrons. The van der Waals surface area contributed by atoms with Crippen LogP contribution in [-0.4, -0.2) is 25.2 Å². The van der Waals surface area contributed by atoms with E-state index in [2.05, 4.69) is 12.2 Å². The summed E-state index contributed by atoms with van der Waals surface area (Å²) >= 11 is 0. The van der Waals surface area contributed by atoms with E-state index in [-0.39, 0.29) is 11.9 Å². The Morgan fingerprint density at radius 1 is 1.53 bits per heavy atom. The maximum Gasteiger partial charge on any atom is 0.309 e. The summed E-state index contributed by atoms with van der Waals surface area (Å²) < 4.78 is 4.95. The van der Waals surface area contributed by atoms with Crippen molar-refractivity contribution in [1.82, 2.24) is 5.32 Å². The third-order valence-electron chi connectivity index (χ3n) is 2.96. The van der Waals surface area contributed by atoms with Gasteiger partial charge in [0.15, 0.2) is 0 Å². The molecule has 3 unspecified atom stereocenters. The second-order valence-corrected chi connectivity index (χ2v) is 4.45. The standard InChI is InChI=1S/C12H23NO2/c1-4-6-10-7-11(10)13-8-9(3)12(14)15-5-2/h9-11,13H,4-8H2,1-3H3. The molecule has 1 N–H and O–H groups in total. The van der Waals surface area contributed by atoms with Crippen molar-refractivity contribution in [3.05, 3.63) is 0 Å². The number of hydrogen-bond acceptors (Lipinski definition) is 3. The van der Waals surface area contributed by atoms with Crippen LogP contribution in [0.3, 0.4) is 0 Å². The van der Waals surface area contributed by atoms with Gasteiger partial charge >= 0.3 is 5.97 Å². The van der Waals surface area contributed by atoms with Crippen molar-refractivity contribution < 1.29 is 9.53 Å². The van der Waals surface area contributed by atoms with Crippen molar-refractivity contribution in [2.75, 3.05) is 13.2 Å². The van der Waals surface area contributed by atoms with Crippen molar-refractivity contribution in [3.8, 4) is 0 Å². The SMILES string of the molecule is CCCC1CC1NCC(C)C(=O)OCC. The van der Waals surface area contributed by atoms with Crippen LogP contribution in [0.5, 0.6) is 0 Å². The zero-order valence-electron chi connectivity index (χ0n) is 10.1. The van der Waals surface area contributed by atoms with E-state index in [0.29, 0.717) is 12.6 Å². The minimum absolute atomic E-state index is 0.0205. The number of esters is 1. The van der Waals surface area contributed by atoms with Gasteiger partial charge in [-0.1, -0.05) is 20.3 Å². The fraction of sp³-hybridized carbons (Fsp3) is 0.917. The number of carbonyl (C=O) groups excluding carboxylic acids is 1. The molecule has 0 saturated heterocycles. The van der Waals surface area contributed by atoms with E-state index in [1.54, 1.807) is 0 Å². The van der Waals surface area contributed by atoms with Gasteiger partial charge in [0.25, 0.3) is 0 Å². The normalized spacial score (nSPS) is 26.1. The molecular weight excluding hydrogens is 190 g/mol. The van der Waals surface area contributed by atoms with E-state index in [9.17, 15) is 4.79 Å². The number of hydrogen-bond donors (Lipinski definition) is 1. The molecule has 0 heterocycles. The molecule has 0 aliphatic heterocycles. The number of rotatable bonds is 7. The lowest BCUT2D eigenvalue weighted by atomic mass is 10.2. The molecule has 3 atom stereocenters. The molecule has 0 amide bonds. The molecule has 88 valence electrons. The van der Waals surface area contributed by atoms with Crippen LogP contribution in [0.4, 0.5) is 0 Å². The zero-order chi connectivity index (χ0) is 11.3. The summed E-state index contributed by atoms with van der Waals surface area (Å²) in [5.41, 5.74) is 0. The van der Waals surface area contributed by atoms with E-state index in [1.807, 2.05) is 13.8 Å². The molecule has 1 fully saturated rings. The monoisotopic (exact) mass is 213 g/mol. The maximum atomic E-state index is 11.3. The van der Waals surface area contributed by atoms with Gasteiger partial charge in [-0.3, -0.25) is 4.79 Å². The Morgan fingerprint density at radius 3 is 2.87 bits per heavy atom. The van der Waals surface area contributed by atoms with Crippen molar-refractivity contribution in [1.29, 1.82) is 0 Å². The predicted molar refractivity (Wildman–Crippen MR) is 60.6 cm³/mol. The number of nitrogens with one attached hydrogen (secondary N) is 1. The number of ether oxygens (including phenoxy) is 1. The van der Waals surface area contributed by atoms with Gasteiger partial charge in [-0.05, 0) is 25.7 Å². The summed E-state index contributed by atoms with van der Waals surface area (Å²) in [7, 11) is 0. The van der Waals surface area contributed by atoms with Crippen molar-refractivity contribution in [2.24, 2.45) is 11.8 Å². The lowest BCUT2D eigenvalue weighted by Crippen LogP contribution is -2.30. The predicted octanol–water partition coefficient (Wildman–Crippen LogP) is 1.96. The van der Waals surface area contributed by atoms with Crippen LogP contribution in [0.15, 0.2) is 0 Å². The molecule has 3 heteroatoms. The van der Waals surface area contributed by atoms with E-state index in [0.717, 1.165) is 12.5 Å². The van der Waals surface area contributed by atoms with Crippen LogP contribution in [0, 0.1) is 11.8 Å². The number of carbonyl (C=O) groups is 1. The Kier molecular flexibility index (Phi) is 5.09. The summed E-state index contributed by atoms with van der Waals surface area (Å²) in [6, 6.07) is 0.654. The van der Waals surface area contributed by atoms with Gasteiger partial charge in [-0.2, -0.15) is 0 Å². The van der Waals surface area contributed by atoms with Crippen LogP contribution >= 0.6 is 0 Å². The minimum Gasteiger partial charge on any atom is -0.466 e. The summed E-state index contributed by atoms with van der Waals surface area (Å²) in [6.07, 6.45) is 3.85. The largest absolute Gasteiger partial charge is 0.466 e. The van der Waals surface area contributed by atoms with Gasteiger partial charge in [0.1, 0.15) is 0 Å². The molecule has 15 heavy (non-hydrogen) atoms. The molecule has 1 aliphatic carbocycles. The second-order valence-electron chi connectivity index (χ2n) is 4.45. The average molecular weight is 213 g/mol. The highest BCUT2D eigenvalue weighted by Crippen LogP contribution is 2.34. The Morgan fingerprint density at radius 2 is 2.27 bits per heavy atom. The molecule has 1 rings (SSSR count). The van der Waals surface area contributed by atoms with E-state index in [1.165, 1.54) is 19.3 Å². The molecule has 1 saturated carbocycles. The molecular formula is C12H23NO2. The van der Waals surface area contributed by atoms with Crippen molar-refractivity contribution in [2.45, 2.75) is 46.1 Å². The first kappa shape index (κ1) is 12.5. The van der Waals surface area contributed by atoms with Gasteiger partial charge < -0.3 is 10.1 Å². The van der Waals surface area contributed by atoms with Crippen molar-refractivity contribution in [3.63, 3.8) is 0 Å². The maximum absolute atomic E-state index is 11.3. The molecule has 0 aromatic rings. The fourth-order valence-corrected chi connectivity index (χ4v) is 1.88.